The highest BCUT2D eigenvalue weighted by molar-refractivity contribution is 7.93. The number of ether oxygens (including phenoxy) is 1. The molecule has 17 heteroatoms. The first-order chi connectivity index (χ1) is 19.3. The zero-order valence-electron chi connectivity index (χ0n) is 23.7. The maximum Gasteiger partial charge on any atom is 0.573 e. The Hall–Kier alpha value is -2.79. The molecule has 1 saturated heterocycles. The summed E-state index contributed by atoms with van der Waals surface area (Å²) in [6, 6.07) is 5.26. The van der Waals surface area contributed by atoms with Gasteiger partial charge in [-0.25, -0.2) is 34.0 Å². The first-order valence-electron chi connectivity index (χ1n) is 12.6. The second-order valence-corrected chi connectivity index (χ2v) is 17.5. The summed E-state index contributed by atoms with van der Waals surface area (Å²) in [4.78, 5) is 12.4. The summed E-state index contributed by atoms with van der Waals surface area (Å²) in [5.74, 6) is -6.15. The van der Waals surface area contributed by atoms with Gasteiger partial charge in [0.15, 0.2) is 29.5 Å². The van der Waals surface area contributed by atoms with Crippen molar-refractivity contribution in [1.29, 1.82) is 0 Å². The summed E-state index contributed by atoms with van der Waals surface area (Å²) in [5, 5.41) is 0. The molecule has 2 aromatic carbocycles. The molecule has 0 atom stereocenters. The molecular formula is C26H30F5NO8S3. The van der Waals surface area contributed by atoms with Crippen LogP contribution in [0.2, 0.25) is 0 Å². The number of sulfone groups is 3. The molecule has 43 heavy (non-hydrogen) atoms. The van der Waals surface area contributed by atoms with Crippen molar-refractivity contribution in [2.24, 2.45) is 5.92 Å². The normalized spacial score (nSPS) is 16.3. The van der Waals surface area contributed by atoms with Gasteiger partial charge >= 0.3 is 6.36 Å². The predicted octanol–water partition coefficient (Wildman–Crippen LogP) is 4.61. The van der Waals surface area contributed by atoms with Gasteiger partial charge < -0.3 is 9.64 Å². The van der Waals surface area contributed by atoms with Crippen molar-refractivity contribution in [3.05, 3.63) is 47.5 Å². The summed E-state index contributed by atoms with van der Waals surface area (Å²) < 4.78 is 146. The number of rotatable bonds is 8. The van der Waals surface area contributed by atoms with E-state index >= 15 is 0 Å². The van der Waals surface area contributed by atoms with E-state index in [0.717, 1.165) is 17.0 Å². The zero-order valence-corrected chi connectivity index (χ0v) is 26.1. The Kier molecular flexibility index (Phi) is 9.11. The van der Waals surface area contributed by atoms with Gasteiger partial charge in [-0.15, -0.1) is 13.2 Å². The highest BCUT2D eigenvalue weighted by Gasteiger charge is 2.45. The van der Waals surface area contributed by atoms with Gasteiger partial charge in [-0.1, -0.05) is 12.1 Å². The number of piperidine rings is 1. The van der Waals surface area contributed by atoms with E-state index in [9.17, 15) is 52.0 Å². The molecule has 1 aliphatic rings. The molecule has 0 radical (unpaired) electrons. The Morgan fingerprint density at radius 1 is 0.837 bits per heavy atom. The fourth-order valence-electron chi connectivity index (χ4n) is 4.95. The number of carbonyl (C=O) groups is 1. The smallest absolute Gasteiger partial charge is 0.406 e. The largest absolute Gasteiger partial charge is 0.573 e. The van der Waals surface area contributed by atoms with Crippen LogP contribution in [-0.4, -0.2) is 72.8 Å². The van der Waals surface area contributed by atoms with Crippen LogP contribution in [0.4, 0.5) is 22.0 Å². The van der Waals surface area contributed by atoms with Crippen LogP contribution in [0.5, 0.6) is 5.75 Å². The van der Waals surface area contributed by atoms with Gasteiger partial charge in [-0.3, -0.25) is 4.79 Å². The van der Waals surface area contributed by atoms with Gasteiger partial charge in [-0.05, 0) is 44.7 Å². The number of likely N-dealkylation sites (tertiary alicyclic amines) is 1. The maximum atomic E-state index is 13.9. The fourth-order valence-corrected chi connectivity index (χ4v) is 8.63. The van der Waals surface area contributed by atoms with Gasteiger partial charge in [0.2, 0.25) is 0 Å². The van der Waals surface area contributed by atoms with E-state index < -0.39 is 85.0 Å². The van der Waals surface area contributed by atoms with E-state index in [1.807, 2.05) is 0 Å². The van der Waals surface area contributed by atoms with Crippen LogP contribution in [0, 0.1) is 5.92 Å². The van der Waals surface area contributed by atoms with E-state index in [2.05, 4.69) is 4.74 Å². The highest BCUT2D eigenvalue weighted by Crippen LogP contribution is 2.40. The summed E-state index contributed by atoms with van der Waals surface area (Å²) in [6.07, 6.45) is -4.03. The Morgan fingerprint density at radius 3 is 1.74 bits per heavy atom. The van der Waals surface area contributed by atoms with Crippen molar-refractivity contribution in [3.63, 3.8) is 0 Å². The summed E-state index contributed by atoms with van der Waals surface area (Å²) in [5.41, 5.74) is -1.35. The number of carbonyl (C=O) groups excluding carboxylic acids is 1. The number of amides is 1. The Morgan fingerprint density at radius 2 is 1.33 bits per heavy atom. The minimum Gasteiger partial charge on any atom is -0.406 e. The van der Waals surface area contributed by atoms with Gasteiger partial charge in [0, 0.05) is 50.2 Å². The first kappa shape index (κ1) is 34.7. The molecule has 0 bridgehead atoms. The lowest BCUT2D eigenvalue weighted by atomic mass is 9.85. The third kappa shape index (κ3) is 7.48. The third-order valence-corrected chi connectivity index (χ3v) is 12.2. The second-order valence-electron chi connectivity index (χ2n) is 11.0. The topological polar surface area (TPSA) is 132 Å². The van der Waals surface area contributed by atoms with E-state index in [1.54, 1.807) is 0 Å². The van der Waals surface area contributed by atoms with Gasteiger partial charge in [0.05, 0.1) is 25.0 Å². The molecule has 2 aromatic rings. The van der Waals surface area contributed by atoms with Crippen LogP contribution in [0.3, 0.4) is 0 Å². The molecule has 1 fully saturated rings. The number of benzene rings is 2. The Balaban J connectivity index is 1.97. The van der Waals surface area contributed by atoms with Crippen molar-refractivity contribution in [2.75, 3.05) is 25.6 Å². The van der Waals surface area contributed by atoms with E-state index in [1.165, 1.54) is 26.0 Å². The lowest BCUT2D eigenvalue weighted by molar-refractivity contribution is -0.274. The Bertz CT molecular complexity index is 1690. The average Bonchev–Trinajstić information content (AvgIpc) is 2.85. The minimum atomic E-state index is -5.29. The summed E-state index contributed by atoms with van der Waals surface area (Å²) >= 11 is 0. The maximum absolute atomic E-state index is 13.9. The first-order valence-corrected chi connectivity index (χ1v) is 17.9. The third-order valence-electron chi connectivity index (χ3n) is 7.40. The standard InChI is InChI=1S/C26H30F5NO8S3/c1-24(2,43(38,39)19-8-6-7-17(13-19)25(3,27)28)16-9-11-32(12-10-16)23(33)22-20(41(4,34)35)14-18(40-26(29,30)31)15-21(22)42(5,36)37/h6-8,13-16H,9-12H2,1-5H3. The molecule has 0 aromatic heterocycles. The van der Waals surface area contributed by atoms with Gasteiger partial charge in [0.1, 0.15) is 5.75 Å². The monoisotopic (exact) mass is 675 g/mol. The number of hydrogen-bond acceptors (Lipinski definition) is 8. The molecule has 240 valence electrons. The van der Waals surface area contributed by atoms with Gasteiger partial charge in [0.25, 0.3) is 11.8 Å². The molecule has 3 rings (SSSR count). The van der Waals surface area contributed by atoms with Crippen LogP contribution < -0.4 is 4.74 Å². The quantitative estimate of drug-likeness (QED) is 0.371. The van der Waals surface area contributed by atoms with Crippen molar-refractivity contribution in [3.8, 4) is 5.75 Å². The molecule has 9 nitrogen and oxygen atoms in total. The molecular weight excluding hydrogens is 645 g/mol. The van der Waals surface area contributed by atoms with Crippen molar-refractivity contribution in [1.82, 2.24) is 4.90 Å². The number of halogens is 5. The molecule has 0 spiro atoms. The van der Waals surface area contributed by atoms with Crippen molar-refractivity contribution >= 4 is 35.4 Å². The lowest BCUT2D eigenvalue weighted by Gasteiger charge is -2.40. The van der Waals surface area contributed by atoms with Crippen LogP contribution in [0.25, 0.3) is 0 Å². The molecule has 0 saturated carbocycles. The SMILES string of the molecule is CC(F)(F)c1cccc(S(=O)(=O)C(C)(C)C2CCN(C(=O)c3c(S(C)(=O)=O)cc(OC(F)(F)F)cc3S(C)(=O)=O)CC2)c1. The van der Waals surface area contributed by atoms with E-state index in [-0.39, 0.29) is 30.8 Å². The van der Waals surface area contributed by atoms with Gasteiger partial charge in [-0.2, -0.15) is 0 Å². The van der Waals surface area contributed by atoms with Crippen LogP contribution in [0.1, 0.15) is 49.5 Å². The fraction of sp³-hybridized carbons (Fsp3) is 0.500. The summed E-state index contributed by atoms with van der Waals surface area (Å²) in [6.45, 7) is 3.15. The number of nitrogens with zero attached hydrogens (tertiary/aromatic N) is 1. The van der Waals surface area contributed by atoms with Crippen LogP contribution in [-0.2, 0) is 35.4 Å². The molecule has 1 aliphatic heterocycles. The molecule has 0 aliphatic carbocycles. The van der Waals surface area contributed by atoms with Crippen molar-refractivity contribution in [2.45, 2.75) is 65.3 Å². The molecule has 1 amide bonds. The highest BCUT2D eigenvalue weighted by atomic mass is 32.2. The average molecular weight is 676 g/mol. The second kappa shape index (κ2) is 11.3. The van der Waals surface area contributed by atoms with Crippen molar-refractivity contribution < 1.29 is 56.7 Å². The van der Waals surface area contributed by atoms with Crippen LogP contribution >= 0.6 is 0 Å². The summed E-state index contributed by atoms with van der Waals surface area (Å²) in [7, 11) is -13.1. The molecule has 0 unspecified atom stereocenters. The zero-order chi connectivity index (χ0) is 33.0. The van der Waals surface area contributed by atoms with E-state index in [4.69, 9.17) is 0 Å². The predicted molar refractivity (Wildman–Crippen MR) is 145 cm³/mol. The molecule has 0 N–H and O–H groups in total. The Labute approximate surface area is 246 Å². The van der Waals surface area contributed by atoms with Crippen LogP contribution in [0.15, 0.2) is 51.1 Å². The number of alkyl halides is 5. The lowest BCUT2D eigenvalue weighted by Crippen LogP contribution is -2.48. The minimum absolute atomic E-state index is 0.0410. The number of hydrogen-bond donors (Lipinski definition) is 0. The molecule has 1 heterocycles. The van der Waals surface area contributed by atoms with E-state index in [0.29, 0.717) is 31.6 Å².